The van der Waals surface area contributed by atoms with Gasteiger partial charge >= 0.3 is 0 Å². The highest BCUT2D eigenvalue weighted by Gasteiger charge is 2.27. The van der Waals surface area contributed by atoms with Crippen LogP contribution in [0.4, 0.5) is 0 Å². The van der Waals surface area contributed by atoms with Crippen molar-refractivity contribution in [3.63, 3.8) is 0 Å². The van der Waals surface area contributed by atoms with Gasteiger partial charge in [-0.15, -0.1) is 0 Å². The lowest BCUT2D eigenvalue weighted by molar-refractivity contribution is 0.0627. The van der Waals surface area contributed by atoms with Crippen LogP contribution in [0.5, 0.6) is 0 Å². The number of nitrogens with zero attached hydrogens (tertiary/aromatic N) is 1. The molecule has 0 aliphatic carbocycles. The standard InChI is InChI=1S/C16H17N3O3S/c1-16(20,12-6-3-2-4-7-12)11-19-23(21,22)14-10-18-15-13(14)8-5-9-17-15/h2-10,19-20H,11H2,1H3,(H,17,18). The van der Waals surface area contributed by atoms with Crippen LogP contribution in [0.1, 0.15) is 12.5 Å². The van der Waals surface area contributed by atoms with Gasteiger partial charge in [-0.05, 0) is 24.6 Å². The molecule has 0 fully saturated rings. The topological polar surface area (TPSA) is 95.1 Å². The van der Waals surface area contributed by atoms with Crippen LogP contribution in [-0.4, -0.2) is 30.0 Å². The molecule has 2 aromatic heterocycles. The number of hydrogen-bond acceptors (Lipinski definition) is 4. The molecule has 0 radical (unpaired) electrons. The van der Waals surface area contributed by atoms with Crippen molar-refractivity contribution in [2.45, 2.75) is 17.4 Å². The molecule has 3 rings (SSSR count). The minimum absolute atomic E-state index is 0.115. The number of aliphatic hydroxyl groups is 1. The van der Waals surface area contributed by atoms with Crippen LogP contribution in [0.2, 0.25) is 0 Å². The Bertz CT molecular complexity index is 918. The summed E-state index contributed by atoms with van der Waals surface area (Å²) in [5.41, 5.74) is -0.162. The summed E-state index contributed by atoms with van der Waals surface area (Å²) in [6.45, 7) is 1.44. The van der Waals surface area contributed by atoms with Gasteiger partial charge in [0.1, 0.15) is 16.1 Å². The number of aromatic nitrogens is 2. The monoisotopic (exact) mass is 331 g/mol. The van der Waals surface area contributed by atoms with Crippen LogP contribution in [-0.2, 0) is 15.6 Å². The van der Waals surface area contributed by atoms with Crippen LogP contribution in [0.15, 0.2) is 59.8 Å². The largest absolute Gasteiger partial charge is 0.384 e. The van der Waals surface area contributed by atoms with Crippen molar-refractivity contribution in [1.29, 1.82) is 0 Å². The Morgan fingerprint density at radius 1 is 1.22 bits per heavy atom. The molecule has 0 bridgehead atoms. The lowest BCUT2D eigenvalue weighted by atomic mass is 9.97. The van der Waals surface area contributed by atoms with E-state index in [-0.39, 0.29) is 11.4 Å². The second-order valence-corrected chi connectivity index (χ2v) is 7.25. The lowest BCUT2D eigenvalue weighted by Crippen LogP contribution is -2.38. The van der Waals surface area contributed by atoms with Crippen LogP contribution >= 0.6 is 0 Å². The first-order chi connectivity index (χ1) is 10.9. The average Bonchev–Trinajstić information content (AvgIpc) is 2.99. The highest BCUT2D eigenvalue weighted by Crippen LogP contribution is 2.23. The van der Waals surface area contributed by atoms with E-state index in [0.29, 0.717) is 16.6 Å². The molecule has 3 aromatic rings. The summed E-state index contributed by atoms with van der Waals surface area (Å²) in [7, 11) is -3.77. The quantitative estimate of drug-likeness (QED) is 0.664. The molecule has 0 saturated carbocycles. The third kappa shape index (κ3) is 3.12. The third-order valence-electron chi connectivity index (χ3n) is 3.70. The maximum Gasteiger partial charge on any atom is 0.242 e. The van der Waals surface area contributed by atoms with Crippen LogP contribution in [0, 0.1) is 0 Å². The molecule has 23 heavy (non-hydrogen) atoms. The van der Waals surface area contributed by atoms with Gasteiger partial charge in [0, 0.05) is 24.3 Å². The summed E-state index contributed by atoms with van der Waals surface area (Å²) in [6, 6.07) is 12.3. The Morgan fingerprint density at radius 2 is 1.96 bits per heavy atom. The molecule has 0 saturated heterocycles. The van der Waals surface area contributed by atoms with E-state index < -0.39 is 15.6 Å². The number of hydrogen-bond donors (Lipinski definition) is 3. The normalized spacial score (nSPS) is 14.7. The molecule has 1 unspecified atom stereocenters. The first-order valence-corrected chi connectivity index (χ1v) is 8.58. The van der Waals surface area contributed by atoms with Gasteiger partial charge in [0.15, 0.2) is 0 Å². The number of rotatable bonds is 5. The number of nitrogens with one attached hydrogen (secondary N) is 2. The van der Waals surface area contributed by atoms with E-state index in [1.54, 1.807) is 49.5 Å². The zero-order valence-electron chi connectivity index (χ0n) is 12.5. The van der Waals surface area contributed by atoms with Crippen LogP contribution in [0.25, 0.3) is 11.0 Å². The molecular weight excluding hydrogens is 314 g/mol. The molecular formula is C16H17N3O3S. The Hall–Kier alpha value is -2.22. The van der Waals surface area contributed by atoms with Gasteiger partial charge < -0.3 is 10.1 Å². The van der Waals surface area contributed by atoms with Gasteiger partial charge in [0.05, 0.1) is 0 Å². The van der Waals surface area contributed by atoms with Crippen molar-refractivity contribution < 1.29 is 13.5 Å². The van der Waals surface area contributed by atoms with Gasteiger partial charge in [-0.2, -0.15) is 0 Å². The highest BCUT2D eigenvalue weighted by atomic mass is 32.2. The number of fused-ring (bicyclic) bond motifs is 1. The molecule has 1 atom stereocenters. The van der Waals surface area contributed by atoms with E-state index in [2.05, 4.69) is 14.7 Å². The number of H-pyrrole nitrogens is 1. The Labute approximate surface area is 134 Å². The summed E-state index contributed by atoms with van der Waals surface area (Å²) >= 11 is 0. The zero-order chi connectivity index (χ0) is 16.5. The Morgan fingerprint density at radius 3 is 2.70 bits per heavy atom. The first-order valence-electron chi connectivity index (χ1n) is 7.10. The van der Waals surface area contributed by atoms with Crippen molar-refractivity contribution in [2.24, 2.45) is 0 Å². The van der Waals surface area contributed by atoms with Crippen molar-refractivity contribution in [3.05, 3.63) is 60.4 Å². The van der Waals surface area contributed by atoms with E-state index in [1.165, 1.54) is 6.20 Å². The number of aromatic amines is 1. The van der Waals surface area contributed by atoms with Crippen molar-refractivity contribution in [2.75, 3.05) is 6.54 Å². The first kappa shape index (κ1) is 15.7. The summed E-state index contributed by atoms with van der Waals surface area (Å²) in [4.78, 5) is 7.02. The fraction of sp³-hybridized carbons (Fsp3) is 0.188. The minimum Gasteiger partial charge on any atom is -0.384 e. The van der Waals surface area contributed by atoms with Crippen LogP contribution in [0.3, 0.4) is 0 Å². The fourth-order valence-corrected chi connectivity index (χ4v) is 3.66. The zero-order valence-corrected chi connectivity index (χ0v) is 13.3. The van der Waals surface area contributed by atoms with E-state index >= 15 is 0 Å². The SMILES string of the molecule is CC(O)(CNS(=O)(=O)c1c[nH]c2ncccc12)c1ccccc1. The average molecular weight is 331 g/mol. The summed E-state index contributed by atoms with van der Waals surface area (Å²) in [6.07, 6.45) is 2.99. The van der Waals surface area contributed by atoms with Crippen molar-refractivity contribution in [1.82, 2.24) is 14.7 Å². The van der Waals surface area contributed by atoms with E-state index in [9.17, 15) is 13.5 Å². The smallest absolute Gasteiger partial charge is 0.242 e. The molecule has 120 valence electrons. The number of pyridine rings is 1. The minimum atomic E-state index is -3.77. The lowest BCUT2D eigenvalue weighted by Gasteiger charge is -2.24. The van der Waals surface area contributed by atoms with Crippen molar-refractivity contribution in [3.8, 4) is 0 Å². The molecule has 6 nitrogen and oxygen atoms in total. The second-order valence-electron chi connectivity index (χ2n) is 5.52. The molecule has 0 spiro atoms. The summed E-state index contributed by atoms with van der Waals surface area (Å²) < 4.78 is 27.5. The molecule has 1 aromatic carbocycles. The molecule has 0 aliphatic heterocycles. The number of benzene rings is 1. The third-order valence-corrected chi connectivity index (χ3v) is 5.15. The van der Waals surface area contributed by atoms with E-state index in [0.717, 1.165) is 0 Å². The molecule has 0 aliphatic rings. The maximum atomic E-state index is 12.5. The van der Waals surface area contributed by atoms with Gasteiger partial charge in [-0.1, -0.05) is 30.3 Å². The second kappa shape index (κ2) is 5.77. The van der Waals surface area contributed by atoms with Gasteiger partial charge in [-0.25, -0.2) is 18.1 Å². The van der Waals surface area contributed by atoms with Gasteiger partial charge in [-0.3, -0.25) is 0 Å². The molecule has 2 heterocycles. The summed E-state index contributed by atoms with van der Waals surface area (Å²) in [5, 5.41) is 11.0. The number of sulfonamides is 1. The molecule has 7 heteroatoms. The molecule has 0 amide bonds. The summed E-state index contributed by atoms with van der Waals surface area (Å²) in [5.74, 6) is 0. The highest BCUT2D eigenvalue weighted by molar-refractivity contribution is 7.89. The molecule has 3 N–H and O–H groups in total. The Balaban J connectivity index is 1.85. The Kier molecular flexibility index (Phi) is 3.93. The predicted molar refractivity (Wildman–Crippen MR) is 87.3 cm³/mol. The fourth-order valence-electron chi connectivity index (χ4n) is 2.37. The predicted octanol–water partition coefficient (Wildman–Crippen LogP) is 1.75. The van der Waals surface area contributed by atoms with Crippen molar-refractivity contribution >= 4 is 21.1 Å². The van der Waals surface area contributed by atoms with Crippen LogP contribution < -0.4 is 4.72 Å². The van der Waals surface area contributed by atoms with E-state index in [4.69, 9.17) is 0 Å². The van der Waals surface area contributed by atoms with E-state index in [1.807, 2.05) is 6.07 Å². The van der Waals surface area contributed by atoms with Gasteiger partial charge in [0.2, 0.25) is 10.0 Å². The maximum absolute atomic E-state index is 12.5. The van der Waals surface area contributed by atoms with Gasteiger partial charge in [0.25, 0.3) is 0 Å².